The Kier molecular flexibility index (Phi) is 4.52. The zero-order valence-corrected chi connectivity index (χ0v) is 13.5. The van der Waals surface area contributed by atoms with E-state index in [1.807, 2.05) is 0 Å². The number of ketones is 1. The maximum Gasteiger partial charge on any atom is 0.178 e. The number of hydrogen-bond acceptors (Lipinski definition) is 6. The van der Waals surface area contributed by atoms with Crippen molar-refractivity contribution in [2.45, 2.75) is 0 Å². The maximum atomic E-state index is 11.2. The Morgan fingerprint density at radius 1 is 0.920 bits per heavy atom. The zero-order valence-electron chi connectivity index (χ0n) is 13.5. The summed E-state index contributed by atoms with van der Waals surface area (Å²) in [6, 6.07) is 9.78. The molecule has 0 heterocycles. The Morgan fingerprint density at radius 3 is 2.24 bits per heavy atom. The first kappa shape index (κ1) is 16.3. The van der Waals surface area contributed by atoms with E-state index in [0.29, 0.717) is 28.5 Å². The normalized spacial score (nSPS) is 13.0. The first-order valence-electron chi connectivity index (χ1n) is 7.65. The van der Waals surface area contributed by atoms with Crippen molar-refractivity contribution in [3.63, 3.8) is 0 Å². The lowest BCUT2D eigenvalue weighted by molar-refractivity contribution is -0.110. The number of benzene rings is 2. The van der Waals surface area contributed by atoms with Gasteiger partial charge in [0, 0.05) is 18.8 Å². The minimum absolute atomic E-state index is 0.0614. The lowest BCUT2D eigenvalue weighted by Crippen LogP contribution is -1.99. The fourth-order valence-electron chi connectivity index (χ4n) is 2.33. The first-order valence-corrected chi connectivity index (χ1v) is 7.65. The number of nitrogens with zero attached hydrogens (tertiary/aromatic N) is 1. The van der Waals surface area contributed by atoms with E-state index >= 15 is 0 Å². The second-order valence-corrected chi connectivity index (χ2v) is 5.41. The van der Waals surface area contributed by atoms with Crippen molar-refractivity contribution >= 4 is 34.2 Å². The molecule has 4 N–H and O–H groups in total. The molecule has 0 radical (unpaired) electrons. The summed E-state index contributed by atoms with van der Waals surface area (Å²) in [6.45, 7) is 0. The molecule has 0 unspecified atom stereocenters. The SMILES string of the molecule is CNc1cc(O)c(Nc2ccc(O)cc2)cc1N=C1C=CC(=O)C=C1. The summed E-state index contributed by atoms with van der Waals surface area (Å²) in [5, 5.41) is 25.7. The second kappa shape index (κ2) is 6.92. The second-order valence-electron chi connectivity index (χ2n) is 5.41. The summed E-state index contributed by atoms with van der Waals surface area (Å²) >= 11 is 0. The quantitative estimate of drug-likeness (QED) is 0.389. The van der Waals surface area contributed by atoms with Crippen molar-refractivity contribution in [3.8, 4) is 11.5 Å². The summed E-state index contributed by atoms with van der Waals surface area (Å²) in [6.07, 6.45) is 6.19. The molecule has 1 aliphatic rings. The summed E-state index contributed by atoms with van der Waals surface area (Å²) in [7, 11) is 1.74. The molecule has 0 aliphatic heterocycles. The number of aromatic hydroxyl groups is 2. The number of allylic oxidation sites excluding steroid dienone is 4. The average molecular weight is 335 g/mol. The molecule has 0 atom stereocenters. The van der Waals surface area contributed by atoms with Crippen LogP contribution in [0, 0.1) is 0 Å². The standard InChI is InChI=1S/C19H17N3O3/c1-20-16-11-19(25)18(22-13-4-8-15(24)9-5-13)10-17(16)21-12-2-6-14(23)7-3-12/h2-11,20,22,24-25H,1H3. The van der Waals surface area contributed by atoms with Crippen molar-refractivity contribution in [2.75, 3.05) is 17.7 Å². The molecule has 3 rings (SSSR count). The van der Waals surface area contributed by atoms with E-state index in [0.717, 1.165) is 0 Å². The maximum absolute atomic E-state index is 11.2. The van der Waals surface area contributed by atoms with Crippen LogP contribution in [0.4, 0.5) is 22.7 Å². The van der Waals surface area contributed by atoms with Crippen LogP contribution in [0.25, 0.3) is 0 Å². The van der Waals surface area contributed by atoms with Crippen molar-refractivity contribution in [1.29, 1.82) is 0 Å². The van der Waals surface area contributed by atoms with Gasteiger partial charge in [0.1, 0.15) is 11.5 Å². The van der Waals surface area contributed by atoms with Gasteiger partial charge >= 0.3 is 0 Å². The van der Waals surface area contributed by atoms with Crippen LogP contribution in [0.1, 0.15) is 0 Å². The topological polar surface area (TPSA) is 93.9 Å². The third kappa shape index (κ3) is 3.87. The summed E-state index contributed by atoms with van der Waals surface area (Å²) in [5.74, 6) is 0.150. The van der Waals surface area contributed by atoms with Gasteiger partial charge in [0.15, 0.2) is 5.78 Å². The van der Waals surface area contributed by atoms with E-state index in [-0.39, 0.29) is 17.3 Å². The summed E-state index contributed by atoms with van der Waals surface area (Å²) < 4.78 is 0. The van der Waals surface area contributed by atoms with Gasteiger partial charge in [-0.05, 0) is 54.6 Å². The zero-order chi connectivity index (χ0) is 17.8. The molecular formula is C19H17N3O3. The van der Waals surface area contributed by atoms with Crippen LogP contribution in [0.3, 0.4) is 0 Å². The Labute approximate surface area is 144 Å². The number of rotatable bonds is 4. The lowest BCUT2D eigenvalue weighted by atomic mass is 10.1. The molecule has 1 aliphatic carbocycles. The van der Waals surface area contributed by atoms with Gasteiger partial charge in [0.05, 0.1) is 22.8 Å². The third-order valence-corrected chi connectivity index (χ3v) is 3.62. The number of carbonyl (C=O) groups is 1. The van der Waals surface area contributed by atoms with E-state index in [2.05, 4.69) is 15.6 Å². The minimum atomic E-state index is -0.0758. The molecule has 0 saturated heterocycles. The average Bonchev–Trinajstić information content (AvgIpc) is 2.61. The van der Waals surface area contributed by atoms with E-state index < -0.39 is 0 Å². The number of nitrogens with one attached hydrogen (secondary N) is 2. The van der Waals surface area contributed by atoms with Crippen LogP contribution in [-0.2, 0) is 4.79 Å². The van der Waals surface area contributed by atoms with Gasteiger partial charge in [-0.3, -0.25) is 4.79 Å². The van der Waals surface area contributed by atoms with Crippen LogP contribution in [0.2, 0.25) is 0 Å². The van der Waals surface area contributed by atoms with Crippen molar-refractivity contribution in [3.05, 3.63) is 60.7 Å². The number of phenolic OH excluding ortho intramolecular Hbond substituents is 2. The molecule has 0 spiro atoms. The number of phenols is 2. The Balaban J connectivity index is 1.96. The van der Waals surface area contributed by atoms with E-state index in [9.17, 15) is 15.0 Å². The highest BCUT2D eigenvalue weighted by Gasteiger charge is 2.10. The van der Waals surface area contributed by atoms with Gasteiger partial charge in [-0.2, -0.15) is 0 Å². The Bertz CT molecular complexity index is 879. The highest BCUT2D eigenvalue weighted by atomic mass is 16.3. The first-order chi connectivity index (χ1) is 12.0. The summed E-state index contributed by atoms with van der Waals surface area (Å²) in [5.41, 5.74) is 3.09. The molecule has 25 heavy (non-hydrogen) atoms. The fraction of sp³-hybridized carbons (Fsp3) is 0.0526. The largest absolute Gasteiger partial charge is 0.508 e. The molecule has 0 amide bonds. The highest BCUT2D eigenvalue weighted by Crippen LogP contribution is 2.37. The van der Waals surface area contributed by atoms with Crippen LogP contribution < -0.4 is 10.6 Å². The van der Waals surface area contributed by atoms with Gasteiger partial charge in [-0.25, -0.2) is 4.99 Å². The molecule has 0 bridgehead atoms. The molecule has 6 nitrogen and oxygen atoms in total. The Hall–Kier alpha value is -3.54. The van der Waals surface area contributed by atoms with Gasteiger partial charge in [-0.1, -0.05) is 0 Å². The number of carbonyl (C=O) groups excluding carboxylic acids is 1. The minimum Gasteiger partial charge on any atom is -0.508 e. The molecule has 0 fully saturated rings. The number of aliphatic imine (C=N–C) groups is 1. The number of anilines is 3. The van der Waals surface area contributed by atoms with Crippen molar-refractivity contribution in [1.82, 2.24) is 0 Å². The predicted molar refractivity (Wildman–Crippen MR) is 99.4 cm³/mol. The van der Waals surface area contributed by atoms with Crippen LogP contribution in [0.15, 0.2) is 65.7 Å². The van der Waals surface area contributed by atoms with Gasteiger partial charge in [0.25, 0.3) is 0 Å². The van der Waals surface area contributed by atoms with Gasteiger partial charge < -0.3 is 20.8 Å². The third-order valence-electron chi connectivity index (χ3n) is 3.62. The van der Waals surface area contributed by atoms with E-state index in [1.54, 1.807) is 55.6 Å². The molecule has 2 aromatic rings. The fourth-order valence-corrected chi connectivity index (χ4v) is 2.33. The molecule has 126 valence electrons. The van der Waals surface area contributed by atoms with Gasteiger partial charge in [0.2, 0.25) is 0 Å². The van der Waals surface area contributed by atoms with Crippen LogP contribution in [-0.4, -0.2) is 28.8 Å². The van der Waals surface area contributed by atoms with Crippen molar-refractivity contribution < 1.29 is 15.0 Å². The van der Waals surface area contributed by atoms with E-state index in [1.165, 1.54) is 12.2 Å². The van der Waals surface area contributed by atoms with Crippen molar-refractivity contribution in [2.24, 2.45) is 4.99 Å². The molecule has 2 aromatic carbocycles. The van der Waals surface area contributed by atoms with Crippen LogP contribution >= 0.6 is 0 Å². The molecule has 6 heteroatoms. The smallest absolute Gasteiger partial charge is 0.178 e. The molecule has 0 saturated carbocycles. The van der Waals surface area contributed by atoms with Crippen LogP contribution in [0.5, 0.6) is 11.5 Å². The monoisotopic (exact) mass is 335 g/mol. The highest BCUT2D eigenvalue weighted by molar-refractivity contribution is 6.17. The number of hydrogen-bond donors (Lipinski definition) is 4. The predicted octanol–water partition coefficient (Wildman–Crippen LogP) is 3.65. The lowest BCUT2D eigenvalue weighted by Gasteiger charge is -2.13. The molecule has 0 aromatic heterocycles. The molecular weight excluding hydrogens is 318 g/mol. The van der Waals surface area contributed by atoms with Gasteiger partial charge in [-0.15, -0.1) is 0 Å². The van der Waals surface area contributed by atoms with E-state index in [4.69, 9.17) is 0 Å². The Morgan fingerprint density at radius 2 is 1.60 bits per heavy atom. The summed E-state index contributed by atoms with van der Waals surface area (Å²) in [4.78, 5) is 15.7.